The lowest BCUT2D eigenvalue weighted by atomic mass is 10.0. The maximum Gasteiger partial charge on any atom is 0.142 e. The third kappa shape index (κ3) is 3.35. The number of H-pyrrole nitrogens is 2. The van der Waals surface area contributed by atoms with Crippen LogP contribution in [0, 0.1) is 0 Å². The molecule has 190 valence electrons. The number of aromatic amines is 2. The zero-order valence-corrected chi connectivity index (χ0v) is 22.2. The van der Waals surface area contributed by atoms with Crippen LogP contribution in [0.2, 0.25) is 0 Å². The Morgan fingerprint density at radius 1 is 0.425 bits per heavy atom. The molecular weight excluding hydrogens is 486 g/mol. The van der Waals surface area contributed by atoms with Gasteiger partial charge in [0.25, 0.3) is 0 Å². The molecule has 3 heteroatoms. The topological polar surface area (TPSA) is 31.6 Å². The van der Waals surface area contributed by atoms with E-state index in [4.69, 9.17) is 0 Å². The van der Waals surface area contributed by atoms with Crippen LogP contribution in [-0.2, 0) is 0 Å². The Hall–Kier alpha value is -5.12. The van der Waals surface area contributed by atoms with E-state index < -0.39 is 0 Å². The molecular formula is C37H28N3+. The molecule has 6 aromatic carbocycles. The second kappa shape index (κ2) is 8.70. The summed E-state index contributed by atoms with van der Waals surface area (Å²) < 4.78 is 0.596. The van der Waals surface area contributed by atoms with E-state index in [2.05, 4.69) is 157 Å². The maximum absolute atomic E-state index is 3.77. The van der Waals surface area contributed by atoms with E-state index in [1.807, 2.05) is 0 Å². The quantitative estimate of drug-likeness (QED) is 0.219. The summed E-state index contributed by atoms with van der Waals surface area (Å²) in [5.74, 6) is 0. The van der Waals surface area contributed by atoms with E-state index in [1.165, 1.54) is 66.3 Å². The van der Waals surface area contributed by atoms with Crippen molar-refractivity contribution in [2.45, 2.75) is 0 Å². The van der Waals surface area contributed by atoms with Crippen LogP contribution in [0.3, 0.4) is 0 Å². The predicted octanol–water partition coefficient (Wildman–Crippen LogP) is 10.2. The van der Waals surface area contributed by atoms with Gasteiger partial charge in [0.15, 0.2) is 0 Å². The first kappa shape index (κ1) is 22.8. The smallest absolute Gasteiger partial charge is 0.142 e. The number of hydrogen-bond acceptors (Lipinski definition) is 0. The molecule has 0 aliphatic rings. The average molecular weight is 515 g/mol. The molecule has 3 nitrogen and oxygen atoms in total. The second-order valence-electron chi connectivity index (χ2n) is 10.7. The Balaban J connectivity index is 1.27. The van der Waals surface area contributed by atoms with Gasteiger partial charge < -0.3 is 9.97 Å². The lowest BCUT2D eigenvalue weighted by Crippen LogP contribution is -2.33. The van der Waals surface area contributed by atoms with Gasteiger partial charge in [-0.3, -0.25) is 0 Å². The van der Waals surface area contributed by atoms with Crippen molar-refractivity contribution in [3.63, 3.8) is 0 Å². The minimum Gasteiger partial charge on any atom is -0.354 e. The van der Waals surface area contributed by atoms with Crippen molar-refractivity contribution in [2.75, 3.05) is 7.05 Å². The molecule has 0 fully saturated rings. The molecule has 0 aliphatic heterocycles. The van der Waals surface area contributed by atoms with Crippen LogP contribution in [0.25, 0.3) is 54.7 Å². The molecule has 0 spiro atoms. The number of rotatable bonds is 4. The van der Waals surface area contributed by atoms with Gasteiger partial charge in [-0.05, 0) is 60.2 Å². The van der Waals surface area contributed by atoms with E-state index in [0.717, 1.165) is 5.52 Å². The lowest BCUT2D eigenvalue weighted by molar-refractivity contribution is 0.627. The molecule has 0 atom stereocenters. The molecule has 0 saturated carbocycles. The van der Waals surface area contributed by atoms with Crippen molar-refractivity contribution in [3.8, 4) is 11.1 Å². The third-order valence-corrected chi connectivity index (χ3v) is 8.50. The highest BCUT2D eigenvalue weighted by Crippen LogP contribution is 2.43. The van der Waals surface area contributed by atoms with Crippen molar-refractivity contribution in [2.24, 2.45) is 0 Å². The van der Waals surface area contributed by atoms with Crippen LogP contribution in [0.5, 0.6) is 0 Å². The largest absolute Gasteiger partial charge is 0.354 e. The highest BCUT2D eigenvalue weighted by molar-refractivity contribution is 6.18. The molecule has 0 unspecified atom stereocenters. The molecule has 40 heavy (non-hydrogen) atoms. The van der Waals surface area contributed by atoms with Crippen molar-refractivity contribution in [1.29, 1.82) is 0 Å². The van der Waals surface area contributed by atoms with Crippen molar-refractivity contribution >= 4 is 60.7 Å². The summed E-state index contributed by atoms with van der Waals surface area (Å²) in [6.07, 6.45) is 0. The second-order valence-corrected chi connectivity index (χ2v) is 10.7. The van der Waals surface area contributed by atoms with Gasteiger partial charge in [0.1, 0.15) is 17.1 Å². The fourth-order valence-electron chi connectivity index (χ4n) is 6.35. The molecule has 8 rings (SSSR count). The number of aromatic nitrogens is 2. The minimum atomic E-state index is 0.596. The Bertz CT molecular complexity index is 2110. The fraction of sp³-hybridized carbons (Fsp3) is 0.0270. The van der Waals surface area contributed by atoms with Crippen LogP contribution in [0.15, 0.2) is 140 Å². The monoisotopic (exact) mass is 514 g/mol. The molecule has 0 amide bonds. The summed E-state index contributed by atoms with van der Waals surface area (Å²) in [7, 11) is 2.27. The third-order valence-electron chi connectivity index (χ3n) is 8.50. The van der Waals surface area contributed by atoms with E-state index in [9.17, 15) is 0 Å². The molecule has 0 bridgehead atoms. The van der Waals surface area contributed by atoms with Gasteiger partial charge in [-0.25, -0.2) is 4.48 Å². The Labute approximate surface area is 232 Å². The summed E-state index contributed by atoms with van der Waals surface area (Å²) in [6.45, 7) is 0. The van der Waals surface area contributed by atoms with Crippen molar-refractivity contribution < 1.29 is 0 Å². The van der Waals surface area contributed by atoms with Crippen LogP contribution in [0.4, 0.5) is 17.1 Å². The fourth-order valence-corrected chi connectivity index (χ4v) is 6.35. The molecule has 8 aromatic rings. The van der Waals surface area contributed by atoms with Gasteiger partial charge in [0.2, 0.25) is 0 Å². The van der Waals surface area contributed by atoms with Crippen molar-refractivity contribution in [1.82, 2.24) is 14.5 Å². The number of benzene rings is 6. The van der Waals surface area contributed by atoms with E-state index >= 15 is 0 Å². The number of nitrogens with one attached hydrogen (secondary N) is 2. The van der Waals surface area contributed by atoms with Gasteiger partial charge in [-0.1, -0.05) is 72.8 Å². The number of hydrogen-bond donors (Lipinski definition) is 2. The Morgan fingerprint density at radius 3 is 1.68 bits per heavy atom. The van der Waals surface area contributed by atoms with Gasteiger partial charge in [0.05, 0.1) is 12.6 Å². The average Bonchev–Trinajstić information content (AvgIpc) is 3.58. The first-order chi connectivity index (χ1) is 19.7. The first-order valence-corrected chi connectivity index (χ1v) is 13.7. The zero-order valence-electron chi connectivity index (χ0n) is 22.2. The van der Waals surface area contributed by atoms with Gasteiger partial charge in [0, 0.05) is 55.8 Å². The van der Waals surface area contributed by atoms with Crippen LogP contribution in [-0.4, -0.2) is 17.0 Å². The van der Waals surface area contributed by atoms with Gasteiger partial charge in [-0.15, -0.1) is 0 Å². The zero-order chi connectivity index (χ0) is 26.7. The molecule has 2 aromatic heterocycles. The summed E-state index contributed by atoms with van der Waals surface area (Å²) in [5, 5.41) is 4.99. The van der Waals surface area contributed by atoms with Crippen LogP contribution < -0.4 is 4.48 Å². The van der Waals surface area contributed by atoms with E-state index in [-0.39, 0.29) is 0 Å². The highest BCUT2D eigenvalue weighted by atomic mass is 15.3. The number of fused-ring (bicyclic) bond motifs is 6. The molecule has 0 aliphatic carbocycles. The normalized spacial score (nSPS) is 12.1. The molecule has 2 heterocycles. The van der Waals surface area contributed by atoms with Crippen LogP contribution in [0.1, 0.15) is 0 Å². The summed E-state index contributed by atoms with van der Waals surface area (Å²) in [5.41, 5.74) is 10.7. The standard InChI is InChI=1S/C37H28N3/c1-40(26-11-4-2-5-12-26,27-13-6-3-7-14-27)28-21-19-25(20-22-28)29-16-10-17-31-33-24-35-32(23-36(33)39-37(29)31)30-15-8-9-18-34(30)38-35/h2-24,38-39H,1H3/q+1. The summed E-state index contributed by atoms with van der Waals surface area (Å²) in [4.78, 5) is 7.37. The highest BCUT2D eigenvalue weighted by Gasteiger charge is 2.31. The summed E-state index contributed by atoms with van der Waals surface area (Å²) >= 11 is 0. The van der Waals surface area contributed by atoms with Crippen LogP contribution >= 0.6 is 0 Å². The number of quaternary nitrogens is 1. The summed E-state index contributed by atoms with van der Waals surface area (Å²) in [6, 6.07) is 50.2. The number of nitrogens with zero attached hydrogens (tertiary/aromatic N) is 1. The Kier molecular flexibility index (Phi) is 4.97. The lowest BCUT2D eigenvalue weighted by Gasteiger charge is -2.33. The van der Waals surface area contributed by atoms with Gasteiger partial charge in [-0.2, -0.15) is 0 Å². The SMILES string of the molecule is C[N+](c1ccccc1)(c1ccccc1)c1ccc(-c2cccc3c2[nH]c2cc4c(cc23)[nH]c2ccccc24)cc1. The van der Waals surface area contributed by atoms with E-state index in [0.29, 0.717) is 4.48 Å². The number of para-hydroxylation sites is 4. The van der Waals surface area contributed by atoms with Crippen molar-refractivity contribution in [3.05, 3.63) is 140 Å². The Morgan fingerprint density at radius 2 is 0.975 bits per heavy atom. The first-order valence-electron chi connectivity index (χ1n) is 13.7. The predicted molar refractivity (Wildman–Crippen MR) is 171 cm³/mol. The molecule has 0 radical (unpaired) electrons. The molecule has 0 saturated heterocycles. The minimum absolute atomic E-state index is 0.596. The maximum atomic E-state index is 3.77. The van der Waals surface area contributed by atoms with E-state index in [1.54, 1.807) is 0 Å². The molecule has 2 N–H and O–H groups in total. The van der Waals surface area contributed by atoms with Gasteiger partial charge >= 0.3 is 0 Å².